The Bertz CT molecular complexity index is 618. The van der Waals surface area contributed by atoms with Crippen molar-refractivity contribution in [3.63, 3.8) is 0 Å². The molecule has 21 heavy (non-hydrogen) atoms. The predicted molar refractivity (Wildman–Crippen MR) is 77.7 cm³/mol. The third-order valence-corrected chi connectivity index (χ3v) is 4.40. The Hall–Kier alpha value is -2.17. The van der Waals surface area contributed by atoms with Gasteiger partial charge in [-0.05, 0) is 49.8 Å². The molecule has 1 fully saturated rings. The van der Waals surface area contributed by atoms with Gasteiger partial charge in [0.25, 0.3) is 0 Å². The molecule has 2 bridgehead atoms. The summed E-state index contributed by atoms with van der Waals surface area (Å²) < 4.78 is 0. The molecule has 2 aliphatic carbocycles. The van der Waals surface area contributed by atoms with Gasteiger partial charge in [0.15, 0.2) is 0 Å². The number of carboxylic acid groups (broad SMARTS) is 1. The largest absolute Gasteiger partial charge is 0.481 e. The summed E-state index contributed by atoms with van der Waals surface area (Å²) in [6.45, 7) is 3.80. The van der Waals surface area contributed by atoms with Crippen LogP contribution in [0.2, 0.25) is 0 Å². The third kappa shape index (κ3) is 2.44. The molecule has 5 heteroatoms. The van der Waals surface area contributed by atoms with Gasteiger partial charge in [-0.2, -0.15) is 0 Å². The lowest BCUT2D eigenvalue weighted by Gasteiger charge is -2.23. The van der Waals surface area contributed by atoms with E-state index >= 15 is 0 Å². The van der Waals surface area contributed by atoms with E-state index in [4.69, 9.17) is 0 Å². The SMILES string of the molecule is Cc1cc(C)nc(NC(=O)[C@H]2[C@@H](C(=O)O)[C@H]3C=C[C@@H]2C3)c1. The zero-order valence-corrected chi connectivity index (χ0v) is 12.0. The van der Waals surface area contributed by atoms with Crippen molar-refractivity contribution < 1.29 is 14.7 Å². The highest BCUT2D eigenvalue weighted by Crippen LogP contribution is 2.48. The van der Waals surface area contributed by atoms with Crippen molar-refractivity contribution in [3.05, 3.63) is 35.5 Å². The van der Waals surface area contributed by atoms with Gasteiger partial charge < -0.3 is 10.4 Å². The molecule has 1 heterocycles. The second-order valence-corrected chi connectivity index (χ2v) is 6.00. The number of allylic oxidation sites excluding steroid dienone is 2. The highest BCUT2D eigenvalue weighted by Gasteiger charge is 2.51. The van der Waals surface area contributed by atoms with Crippen molar-refractivity contribution in [2.45, 2.75) is 20.3 Å². The molecule has 2 aliphatic rings. The number of carbonyl (C=O) groups is 2. The van der Waals surface area contributed by atoms with Crippen molar-refractivity contribution in [2.24, 2.45) is 23.7 Å². The highest BCUT2D eigenvalue weighted by molar-refractivity contribution is 5.95. The number of anilines is 1. The molecule has 0 radical (unpaired) electrons. The van der Waals surface area contributed by atoms with E-state index in [1.807, 2.05) is 32.1 Å². The fourth-order valence-corrected chi connectivity index (χ4v) is 3.63. The number of hydrogen-bond donors (Lipinski definition) is 2. The molecule has 0 aliphatic heterocycles. The number of carboxylic acids is 1. The summed E-state index contributed by atoms with van der Waals surface area (Å²) in [5, 5.41) is 12.2. The van der Waals surface area contributed by atoms with E-state index in [1.54, 1.807) is 6.07 Å². The molecule has 1 aromatic rings. The maximum Gasteiger partial charge on any atom is 0.307 e. The summed E-state index contributed by atoms with van der Waals surface area (Å²) in [5.74, 6) is -1.74. The number of aliphatic carboxylic acids is 1. The fourth-order valence-electron chi connectivity index (χ4n) is 3.63. The molecule has 0 spiro atoms. The van der Waals surface area contributed by atoms with Gasteiger partial charge >= 0.3 is 5.97 Å². The number of hydrogen-bond acceptors (Lipinski definition) is 3. The lowest BCUT2D eigenvalue weighted by atomic mass is 9.82. The van der Waals surface area contributed by atoms with Crippen LogP contribution >= 0.6 is 0 Å². The number of rotatable bonds is 3. The number of pyridine rings is 1. The molecule has 1 amide bonds. The first-order valence-electron chi connectivity index (χ1n) is 7.13. The number of fused-ring (bicyclic) bond motifs is 2. The van der Waals surface area contributed by atoms with Crippen molar-refractivity contribution in [3.8, 4) is 0 Å². The number of nitrogens with zero attached hydrogens (tertiary/aromatic N) is 1. The van der Waals surface area contributed by atoms with Crippen LogP contribution in [0.3, 0.4) is 0 Å². The van der Waals surface area contributed by atoms with Crippen LogP contribution in [-0.4, -0.2) is 22.0 Å². The Morgan fingerprint density at radius 1 is 1.19 bits per heavy atom. The maximum atomic E-state index is 12.5. The van der Waals surface area contributed by atoms with Crippen LogP contribution in [0.4, 0.5) is 5.82 Å². The Labute approximate surface area is 123 Å². The molecule has 1 saturated carbocycles. The average Bonchev–Trinajstić information content (AvgIpc) is 2.96. The van der Waals surface area contributed by atoms with Crippen LogP contribution in [0.1, 0.15) is 17.7 Å². The van der Waals surface area contributed by atoms with Crippen LogP contribution in [0.15, 0.2) is 24.3 Å². The van der Waals surface area contributed by atoms with E-state index in [2.05, 4.69) is 10.3 Å². The summed E-state index contributed by atoms with van der Waals surface area (Å²) in [5.41, 5.74) is 1.84. The van der Waals surface area contributed by atoms with Crippen LogP contribution in [0.5, 0.6) is 0 Å². The molecule has 3 rings (SSSR count). The third-order valence-electron chi connectivity index (χ3n) is 4.40. The van der Waals surface area contributed by atoms with Gasteiger partial charge in [0.2, 0.25) is 5.91 Å². The first-order valence-corrected chi connectivity index (χ1v) is 7.13. The topological polar surface area (TPSA) is 79.3 Å². The maximum absolute atomic E-state index is 12.5. The molecule has 0 unspecified atom stereocenters. The summed E-state index contributed by atoms with van der Waals surface area (Å²) >= 11 is 0. The Morgan fingerprint density at radius 3 is 2.48 bits per heavy atom. The van der Waals surface area contributed by atoms with Crippen molar-refractivity contribution >= 4 is 17.7 Å². The van der Waals surface area contributed by atoms with Crippen LogP contribution in [0, 0.1) is 37.5 Å². The lowest BCUT2D eigenvalue weighted by Crippen LogP contribution is -2.36. The van der Waals surface area contributed by atoms with Crippen LogP contribution < -0.4 is 5.32 Å². The molecular weight excluding hydrogens is 268 g/mol. The van der Waals surface area contributed by atoms with E-state index in [-0.39, 0.29) is 17.7 Å². The number of nitrogens with one attached hydrogen (secondary N) is 1. The van der Waals surface area contributed by atoms with Crippen LogP contribution in [-0.2, 0) is 9.59 Å². The van der Waals surface area contributed by atoms with Gasteiger partial charge in [0.1, 0.15) is 5.82 Å². The second-order valence-electron chi connectivity index (χ2n) is 6.00. The number of amides is 1. The first kappa shape index (κ1) is 13.8. The van der Waals surface area contributed by atoms with Gasteiger partial charge in [0, 0.05) is 5.69 Å². The quantitative estimate of drug-likeness (QED) is 0.834. The number of aryl methyl sites for hydroxylation is 2. The predicted octanol–water partition coefficient (Wildman–Crippen LogP) is 2.16. The number of carbonyl (C=O) groups excluding carboxylic acids is 1. The molecule has 1 aromatic heterocycles. The van der Waals surface area contributed by atoms with Gasteiger partial charge in [-0.3, -0.25) is 9.59 Å². The van der Waals surface area contributed by atoms with Crippen LogP contribution in [0.25, 0.3) is 0 Å². The zero-order chi connectivity index (χ0) is 15.1. The second kappa shape index (κ2) is 4.98. The van der Waals surface area contributed by atoms with E-state index in [1.165, 1.54) is 0 Å². The molecule has 4 atom stereocenters. The molecule has 5 nitrogen and oxygen atoms in total. The number of aromatic nitrogens is 1. The molecule has 0 aromatic carbocycles. The van der Waals surface area contributed by atoms with E-state index in [0.29, 0.717) is 5.82 Å². The van der Waals surface area contributed by atoms with Gasteiger partial charge in [-0.15, -0.1) is 0 Å². The van der Waals surface area contributed by atoms with Crippen molar-refractivity contribution in [1.29, 1.82) is 0 Å². The fraction of sp³-hybridized carbons (Fsp3) is 0.438. The highest BCUT2D eigenvalue weighted by atomic mass is 16.4. The van der Waals surface area contributed by atoms with E-state index in [0.717, 1.165) is 17.7 Å². The van der Waals surface area contributed by atoms with E-state index in [9.17, 15) is 14.7 Å². The van der Waals surface area contributed by atoms with Crippen molar-refractivity contribution in [1.82, 2.24) is 4.98 Å². The molecular formula is C16H18N2O3. The smallest absolute Gasteiger partial charge is 0.307 e. The van der Waals surface area contributed by atoms with E-state index < -0.39 is 17.8 Å². The lowest BCUT2D eigenvalue weighted by molar-refractivity contribution is -0.146. The summed E-state index contributed by atoms with van der Waals surface area (Å²) in [6.07, 6.45) is 4.67. The van der Waals surface area contributed by atoms with Gasteiger partial charge in [0.05, 0.1) is 11.8 Å². The minimum absolute atomic E-state index is 0.0181. The summed E-state index contributed by atoms with van der Waals surface area (Å²) in [7, 11) is 0. The normalized spacial score (nSPS) is 29.6. The average molecular weight is 286 g/mol. The Morgan fingerprint density at radius 2 is 1.86 bits per heavy atom. The molecule has 0 saturated heterocycles. The van der Waals surface area contributed by atoms with Crippen molar-refractivity contribution in [2.75, 3.05) is 5.32 Å². The monoisotopic (exact) mass is 286 g/mol. The summed E-state index contributed by atoms with van der Waals surface area (Å²) in [4.78, 5) is 28.2. The van der Waals surface area contributed by atoms with Gasteiger partial charge in [-0.1, -0.05) is 12.2 Å². The molecule has 110 valence electrons. The summed E-state index contributed by atoms with van der Waals surface area (Å²) in [6, 6.07) is 3.72. The van der Waals surface area contributed by atoms with Gasteiger partial charge in [-0.25, -0.2) is 4.98 Å². The zero-order valence-electron chi connectivity index (χ0n) is 12.0. The Balaban J connectivity index is 1.82. The standard InChI is InChI=1S/C16H18N2O3/c1-8-5-9(2)17-12(6-8)18-15(19)13-10-3-4-11(7-10)14(13)16(20)21/h3-6,10-11,13-14H,7H2,1-2H3,(H,20,21)(H,17,18,19)/t10-,11+,13-,14+/m1/s1. The minimum Gasteiger partial charge on any atom is -0.481 e. The molecule has 2 N–H and O–H groups in total. The minimum atomic E-state index is -0.889. The first-order chi connectivity index (χ1) is 9.95. The Kier molecular flexibility index (Phi) is 3.27.